The second-order valence-corrected chi connectivity index (χ2v) is 5.73. The number of ketones is 1. The Morgan fingerprint density at radius 2 is 1.58 bits per heavy atom. The average Bonchev–Trinajstić information content (AvgIpc) is 2.61. The van der Waals surface area contributed by atoms with Gasteiger partial charge in [-0.1, -0.05) is 25.5 Å². The van der Waals surface area contributed by atoms with Crippen LogP contribution in [0.15, 0.2) is 42.6 Å². The van der Waals surface area contributed by atoms with Crippen LogP contribution in [0.5, 0.6) is 0 Å². The van der Waals surface area contributed by atoms with Crippen LogP contribution >= 0.6 is 0 Å². The predicted molar refractivity (Wildman–Crippen MR) is 97.6 cm³/mol. The van der Waals surface area contributed by atoms with Gasteiger partial charge in [-0.3, -0.25) is 9.78 Å². The van der Waals surface area contributed by atoms with Gasteiger partial charge >= 0.3 is 11.9 Å². The van der Waals surface area contributed by atoms with Crippen molar-refractivity contribution in [2.45, 2.75) is 39.5 Å². The summed E-state index contributed by atoms with van der Waals surface area (Å²) in [6, 6.07) is 9.84. The SMILES string of the molecule is CCCCC(=O)Cc1ccccn1.Cc1c(C(=O)O)cccc1C(=O)O. The van der Waals surface area contributed by atoms with Gasteiger partial charge in [-0.25, -0.2) is 9.59 Å². The Bertz CT molecular complexity index is 724. The minimum Gasteiger partial charge on any atom is -0.478 e. The highest BCUT2D eigenvalue weighted by Gasteiger charge is 2.13. The first-order chi connectivity index (χ1) is 12.4. The monoisotopic (exact) mass is 357 g/mol. The number of aromatic nitrogens is 1. The summed E-state index contributed by atoms with van der Waals surface area (Å²) in [4.78, 5) is 36.6. The summed E-state index contributed by atoms with van der Waals surface area (Å²) in [5, 5.41) is 17.4. The zero-order chi connectivity index (χ0) is 19.5. The predicted octanol–water partition coefficient (Wildman–Crippen LogP) is 3.77. The maximum Gasteiger partial charge on any atom is 0.335 e. The third-order valence-electron chi connectivity index (χ3n) is 3.71. The van der Waals surface area contributed by atoms with Crippen LogP contribution in [0.4, 0.5) is 0 Å². The molecule has 1 aromatic heterocycles. The lowest BCUT2D eigenvalue weighted by Crippen LogP contribution is -2.06. The van der Waals surface area contributed by atoms with Gasteiger partial charge in [0.25, 0.3) is 0 Å². The maximum absolute atomic E-state index is 11.3. The quantitative estimate of drug-likeness (QED) is 0.781. The number of benzene rings is 1. The van der Waals surface area contributed by atoms with Crippen molar-refractivity contribution < 1.29 is 24.6 Å². The van der Waals surface area contributed by atoms with E-state index in [4.69, 9.17) is 10.2 Å². The number of carboxylic acids is 2. The molecule has 0 atom stereocenters. The lowest BCUT2D eigenvalue weighted by molar-refractivity contribution is -0.118. The number of carbonyl (C=O) groups is 3. The highest BCUT2D eigenvalue weighted by molar-refractivity contribution is 5.96. The molecule has 0 spiro atoms. The molecule has 0 saturated heterocycles. The summed E-state index contributed by atoms with van der Waals surface area (Å²) in [6.45, 7) is 3.57. The fourth-order valence-corrected chi connectivity index (χ4v) is 2.27. The number of hydrogen-bond donors (Lipinski definition) is 2. The fraction of sp³-hybridized carbons (Fsp3) is 0.300. The molecule has 138 valence electrons. The molecule has 0 aliphatic carbocycles. The van der Waals surface area contributed by atoms with Gasteiger partial charge in [-0.15, -0.1) is 0 Å². The van der Waals surface area contributed by atoms with E-state index >= 15 is 0 Å². The first-order valence-corrected chi connectivity index (χ1v) is 8.34. The first-order valence-electron chi connectivity index (χ1n) is 8.34. The normalized spacial score (nSPS) is 9.77. The second-order valence-electron chi connectivity index (χ2n) is 5.73. The number of aromatic carboxylic acids is 2. The zero-order valence-electron chi connectivity index (χ0n) is 14.9. The van der Waals surface area contributed by atoms with Crippen LogP contribution in [-0.2, 0) is 11.2 Å². The standard InChI is InChI=1S/C11H15NO.C9H8O4/c1-2-3-7-11(13)9-10-6-4-5-8-12-10;1-5-6(8(10)11)3-2-4-7(5)9(12)13/h4-6,8H,2-3,7,9H2,1H3;2-4H,1H3,(H,10,11)(H,12,13). The van der Waals surface area contributed by atoms with E-state index in [0.717, 1.165) is 18.5 Å². The van der Waals surface area contributed by atoms with E-state index in [0.29, 0.717) is 18.6 Å². The Morgan fingerprint density at radius 3 is 2.04 bits per heavy atom. The maximum atomic E-state index is 11.3. The number of unbranched alkanes of at least 4 members (excludes halogenated alkanes) is 1. The van der Waals surface area contributed by atoms with Crippen molar-refractivity contribution in [2.24, 2.45) is 0 Å². The number of nitrogens with zero attached hydrogens (tertiary/aromatic N) is 1. The van der Waals surface area contributed by atoms with E-state index in [9.17, 15) is 14.4 Å². The molecule has 1 heterocycles. The summed E-state index contributed by atoms with van der Waals surface area (Å²) < 4.78 is 0. The molecule has 2 N–H and O–H groups in total. The lowest BCUT2D eigenvalue weighted by atomic mass is 10.0. The molecule has 6 nitrogen and oxygen atoms in total. The van der Waals surface area contributed by atoms with Crippen LogP contribution in [0.2, 0.25) is 0 Å². The summed E-state index contributed by atoms with van der Waals surface area (Å²) >= 11 is 0. The van der Waals surface area contributed by atoms with Gasteiger partial charge in [0.2, 0.25) is 0 Å². The number of rotatable bonds is 7. The van der Waals surface area contributed by atoms with E-state index < -0.39 is 11.9 Å². The van der Waals surface area contributed by atoms with Crippen molar-refractivity contribution in [3.63, 3.8) is 0 Å². The minimum absolute atomic E-state index is 0.0277. The van der Waals surface area contributed by atoms with Gasteiger partial charge in [0, 0.05) is 24.7 Å². The van der Waals surface area contributed by atoms with Crippen LogP contribution in [0.1, 0.15) is 58.2 Å². The molecule has 0 bridgehead atoms. The number of carbonyl (C=O) groups excluding carboxylic acids is 1. The molecule has 26 heavy (non-hydrogen) atoms. The van der Waals surface area contributed by atoms with Crippen molar-refractivity contribution in [3.8, 4) is 0 Å². The van der Waals surface area contributed by atoms with Crippen molar-refractivity contribution in [1.82, 2.24) is 4.98 Å². The Labute approximate surface area is 152 Å². The highest BCUT2D eigenvalue weighted by Crippen LogP contribution is 2.13. The average molecular weight is 357 g/mol. The molecule has 0 unspecified atom stereocenters. The van der Waals surface area contributed by atoms with Gasteiger partial charge in [0.1, 0.15) is 5.78 Å². The number of Topliss-reactive ketones (excluding diaryl/α,β-unsaturated/α-hetero) is 1. The minimum atomic E-state index is -1.11. The van der Waals surface area contributed by atoms with Gasteiger partial charge in [0.15, 0.2) is 0 Å². The zero-order valence-corrected chi connectivity index (χ0v) is 14.9. The van der Waals surface area contributed by atoms with Gasteiger partial charge in [-0.05, 0) is 43.2 Å². The van der Waals surface area contributed by atoms with Crippen molar-refractivity contribution in [3.05, 3.63) is 65.0 Å². The third kappa shape index (κ3) is 6.84. The van der Waals surface area contributed by atoms with E-state index in [1.807, 2.05) is 18.2 Å². The molecule has 2 rings (SSSR count). The molecule has 0 radical (unpaired) electrons. The topological polar surface area (TPSA) is 105 Å². The van der Waals surface area contributed by atoms with Crippen LogP contribution < -0.4 is 0 Å². The summed E-state index contributed by atoms with van der Waals surface area (Å²) in [5.41, 5.74) is 1.21. The van der Waals surface area contributed by atoms with Gasteiger partial charge in [-0.2, -0.15) is 0 Å². The van der Waals surface area contributed by atoms with E-state index in [1.165, 1.54) is 25.1 Å². The number of hydrogen-bond acceptors (Lipinski definition) is 4. The summed E-state index contributed by atoms with van der Waals surface area (Å²) in [6.07, 6.45) is 4.97. The lowest BCUT2D eigenvalue weighted by Gasteiger charge is -2.03. The molecule has 0 amide bonds. The highest BCUT2D eigenvalue weighted by atomic mass is 16.4. The van der Waals surface area contributed by atoms with Crippen molar-refractivity contribution >= 4 is 17.7 Å². The number of carboxylic acid groups (broad SMARTS) is 2. The smallest absolute Gasteiger partial charge is 0.335 e. The van der Waals surface area contributed by atoms with E-state index in [2.05, 4.69) is 11.9 Å². The summed E-state index contributed by atoms with van der Waals surface area (Å²) in [5.74, 6) is -1.93. The second kappa shape index (κ2) is 10.8. The van der Waals surface area contributed by atoms with Crippen LogP contribution in [0, 0.1) is 6.92 Å². The van der Waals surface area contributed by atoms with Crippen molar-refractivity contribution in [2.75, 3.05) is 0 Å². The van der Waals surface area contributed by atoms with Gasteiger partial charge in [0.05, 0.1) is 11.1 Å². The molecule has 2 aromatic rings. The largest absolute Gasteiger partial charge is 0.478 e. The van der Waals surface area contributed by atoms with Crippen molar-refractivity contribution in [1.29, 1.82) is 0 Å². The van der Waals surface area contributed by atoms with E-state index in [1.54, 1.807) is 6.20 Å². The Balaban J connectivity index is 0.000000260. The molecule has 0 aliphatic rings. The Kier molecular flexibility index (Phi) is 8.70. The third-order valence-corrected chi connectivity index (χ3v) is 3.71. The van der Waals surface area contributed by atoms with Crippen LogP contribution in [0.3, 0.4) is 0 Å². The molecular formula is C20H23NO5. The molecule has 0 saturated carbocycles. The van der Waals surface area contributed by atoms with Crippen LogP contribution in [-0.4, -0.2) is 32.9 Å². The fourth-order valence-electron chi connectivity index (χ4n) is 2.27. The molecular weight excluding hydrogens is 334 g/mol. The Morgan fingerprint density at radius 1 is 0.962 bits per heavy atom. The molecule has 1 aromatic carbocycles. The van der Waals surface area contributed by atoms with Crippen LogP contribution in [0.25, 0.3) is 0 Å². The number of pyridine rings is 1. The van der Waals surface area contributed by atoms with E-state index in [-0.39, 0.29) is 16.7 Å². The summed E-state index contributed by atoms with van der Waals surface area (Å²) in [7, 11) is 0. The van der Waals surface area contributed by atoms with Gasteiger partial charge < -0.3 is 10.2 Å². The molecule has 0 aliphatic heterocycles. The molecule has 6 heteroatoms. The Hall–Kier alpha value is -3.02. The molecule has 0 fully saturated rings. The first kappa shape index (κ1) is 21.0.